The van der Waals surface area contributed by atoms with E-state index in [9.17, 15) is 18.0 Å². The second kappa shape index (κ2) is 9.95. The standard InChI is InChI=1S/C16H23F3N4O2.2ClH/c17-16(18,19)12-9-21-14(22-12)11-1-5-23(6-2-11)15(24)13(20)10-3-7-25-8-4-10;;/h9-11,13H,1-8,20H2,(H,21,22);2*1H. The summed E-state index contributed by atoms with van der Waals surface area (Å²) in [4.78, 5) is 20.5. The van der Waals surface area contributed by atoms with Crippen LogP contribution < -0.4 is 5.73 Å². The summed E-state index contributed by atoms with van der Waals surface area (Å²) in [7, 11) is 0. The topological polar surface area (TPSA) is 84.2 Å². The zero-order valence-electron chi connectivity index (χ0n) is 14.7. The van der Waals surface area contributed by atoms with Gasteiger partial charge in [-0.05, 0) is 31.6 Å². The van der Waals surface area contributed by atoms with Gasteiger partial charge in [-0.15, -0.1) is 24.8 Å². The van der Waals surface area contributed by atoms with Gasteiger partial charge < -0.3 is 20.4 Å². The Morgan fingerprint density at radius 3 is 2.33 bits per heavy atom. The third-order valence-corrected chi connectivity index (χ3v) is 5.15. The summed E-state index contributed by atoms with van der Waals surface area (Å²) < 4.78 is 43.3. The van der Waals surface area contributed by atoms with Crippen LogP contribution in [0.2, 0.25) is 0 Å². The summed E-state index contributed by atoms with van der Waals surface area (Å²) in [5, 5.41) is 0. The minimum absolute atomic E-state index is 0. The van der Waals surface area contributed by atoms with Gasteiger partial charge in [-0.2, -0.15) is 13.2 Å². The first-order chi connectivity index (χ1) is 11.9. The molecule has 0 radical (unpaired) electrons. The fourth-order valence-corrected chi connectivity index (χ4v) is 3.55. The van der Waals surface area contributed by atoms with E-state index in [1.165, 1.54) is 0 Å². The molecule has 2 saturated heterocycles. The van der Waals surface area contributed by atoms with Crippen LogP contribution in [-0.2, 0) is 15.7 Å². The van der Waals surface area contributed by atoms with Crippen LogP contribution >= 0.6 is 24.8 Å². The molecule has 1 aromatic rings. The molecule has 1 atom stereocenters. The first kappa shape index (κ1) is 24.0. The van der Waals surface area contributed by atoms with Gasteiger partial charge in [-0.3, -0.25) is 4.79 Å². The van der Waals surface area contributed by atoms with E-state index in [1.54, 1.807) is 4.90 Å². The maximum absolute atomic E-state index is 12.7. The molecule has 1 amide bonds. The van der Waals surface area contributed by atoms with Crippen LogP contribution in [-0.4, -0.2) is 53.1 Å². The van der Waals surface area contributed by atoms with E-state index in [0.29, 0.717) is 45.0 Å². The number of imidazole rings is 1. The number of carbonyl (C=O) groups excluding carboxylic acids is 1. The van der Waals surface area contributed by atoms with Gasteiger partial charge in [0, 0.05) is 32.2 Å². The van der Waals surface area contributed by atoms with Crippen molar-refractivity contribution in [2.45, 2.75) is 43.8 Å². The summed E-state index contributed by atoms with van der Waals surface area (Å²) in [5.74, 6) is 0.312. The number of ether oxygens (including phenoxy) is 1. The molecule has 2 fully saturated rings. The van der Waals surface area contributed by atoms with E-state index >= 15 is 0 Å². The van der Waals surface area contributed by atoms with Gasteiger partial charge in [0.25, 0.3) is 0 Å². The van der Waals surface area contributed by atoms with Gasteiger partial charge >= 0.3 is 6.18 Å². The normalized spacial score (nSPS) is 20.5. The number of carbonyl (C=O) groups is 1. The molecule has 2 aliphatic rings. The molecule has 3 heterocycles. The number of nitrogens with one attached hydrogen (secondary N) is 1. The maximum Gasteiger partial charge on any atom is 0.432 e. The first-order valence-corrected chi connectivity index (χ1v) is 8.60. The number of aromatic amines is 1. The summed E-state index contributed by atoms with van der Waals surface area (Å²) >= 11 is 0. The van der Waals surface area contributed by atoms with Crippen LogP contribution in [0.1, 0.15) is 43.1 Å². The molecule has 27 heavy (non-hydrogen) atoms. The molecule has 0 aliphatic carbocycles. The van der Waals surface area contributed by atoms with Crippen molar-refractivity contribution in [2.75, 3.05) is 26.3 Å². The van der Waals surface area contributed by atoms with Gasteiger partial charge in [0.15, 0.2) is 0 Å². The number of likely N-dealkylation sites (tertiary alicyclic amines) is 1. The van der Waals surface area contributed by atoms with Gasteiger partial charge in [-0.1, -0.05) is 0 Å². The molecular formula is C16H25Cl2F3N4O2. The number of halogens is 5. The summed E-state index contributed by atoms with van der Waals surface area (Å²) in [6.45, 7) is 2.24. The minimum atomic E-state index is -4.42. The smallest absolute Gasteiger partial charge is 0.381 e. The van der Waals surface area contributed by atoms with Crippen molar-refractivity contribution in [3.8, 4) is 0 Å². The lowest BCUT2D eigenvalue weighted by Crippen LogP contribution is -2.51. The molecule has 6 nitrogen and oxygen atoms in total. The summed E-state index contributed by atoms with van der Waals surface area (Å²) in [6, 6.07) is -0.527. The molecule has 0 bridgehead atoms. The van der Waals surface area contributed by atoms with E-state index in [2.05, 4.69) is 9.97 Å². The Hall–Kier alpha value is -1.03. The second-order valence-corrected chi connectivity index (χ2v) is 6.76. The molecule has 11 heteroatoms. The number of alkyl halides is 3. The Labute approximate surface area is 168 Å². The average molecular weight is 433 g/mol. The van der Waals surface area contributed by atoms with Crippen molar-refractivity contribution in [1.29, 1.82) is 0 Å². The number of rotatable bonds is 3. The number of amides is 1. The minimum Gasteiger partial charge on any atom is -0.381 e. The molecule has 1 aromatic heterocycles. The van der Waals surface area contributed by atoms with E-state index < -0.39 is 17.9 Å². The monoisotopic (exact) mass is 432 g/mol. The van der Waals surface area contributed by atoms with Crippen molar-refractivity contribution in [1.82, 2.24) is 14.9 Å². The fraction of sp³-hybridized carbons (Fsp3) is 0.750. The lowest BCUT2D eigenvalue weighted by molar-refractivity contribution is -0.141. The van der Waals surface area contributed by atoms with E-state index in [4.69, 9.17) is 10.5 Å². The van der Waals surface area contributed by atoms with Crippen molar-refractivity contribution in [3.05, 3.63) is 17.7 Å². The Kier molecular flexibility index (Phi) is 8.85. The van der Waals surface area contributed by atoms with Crippen molar-refractivity contribution in [2.24, 2.45) is 11.7 Å². The number of hydrogen-bond acceptors (Lipinski definition) is 4. The van der Waals surface area contributed by atoms with Crippen LogP contribution in [0.3, 0.4) is 0 Å². The molecule has 3 rings (SSSR count). The van der Waals surface area contributed by atoms with Gasteiger partial charge in [0.2, 0.25) is 5.91 Å². The number of H-pyrrole nitrogens is 1. The van der Waals surface area contributed by atoms with E-state index in [1.807, 2.05) is 0 Å². The molecule has 0 spiro atoms. The van der Waals surface area contributed by atoms with Crippen LogP contribution in [0.15, 0.2) is 6.20 Å². The maximum atomic E-state index is 12.7. The number of aromatic nitrogens is 2. The van der Waals surface area contributed by atoms with Crippen molar-refractivity contribution < 1.29 is 22.7 Å². The predicted molar refractivity (Wildman–Crippen MR) is 98.2 cm³/mol. The van der Waals surface area contributed by atoms with E-state index in [0.717, 1.165) is 19.0 Å². The first-order valence-electron chi connectivity index (χ1n) is 8.60. The van der Waals surface area contributed by atoms with Gasteiger partial charge in [0.1, 0.15) is 11.5 Å². The van der Waals surface area contributed by atoms with Gasteiger partial charge in [0.05, 0.1) is 12.2 Å². The second-order valence-electron chi connectivity index (χ2n) is 6.76. The quantitative estimate of drug-likeness (QED) is 0.768. The van der Waals surface area contributed by atoms with Gasteiger partial charge in [-0.25, -0.2) is 4.98 Å². The van der Waals surface area contributed by atoms with Crippen LogP contribution in [0, 0.1) is 5.92 Å². The average Bonchev–Trinajstić information content (AvgIpc) is 3.12. The molecule has 156 valence electrons. The molecule has 2 aliphatic heterocycles. The summed E-state index contributed by atoms with van der Waals surface area (Å²) in [6.07, 6.45) is -0.855. The van der Waals surface area contributed by atoms with Crippen molar-refractivity contribution >= 4 is 30.7 Å². The lowest BCUT2D eigenvalue weighted by atomic mass is 9.90. The van der Waals surface area contributed by atoms with Crippen LogP contribution in [0.5, 0.6) is 0 Å². The number of piperidine rings is 1. The molecule has 3 N–H and O–H groups in total. The zero-order valence-corrected chi connectivity index (χ0v) is 16.3. The Bertz CT molecular complexity index is 601. The molecular weight excluding hydrogens is 408 g/mol. The SMILES string of the molecule is Cl.Cl.NC(C(=O)N1CCC(c2ncc(C(F)(F)F)[nH]2)CC1)C1CCOCC1. The number of hydrogen-bond donors (Lipinski definition) is 2. The highest BCUT2D eigenvalue weighted by Crippen LogP contribution is 2.32. The summed E-state index contributed by atoms with van der Waals surface area (Å²) in [5.41, 5.74) is 5.30. The fourth-order valence-electron chi connectivity index (χ4n) is 3.55. The number of nitrogens with zero attached hydrogens (tertiary/aromatic N) is 2. The highest BCUT2D eigenvalue weighted by molar-refractivity contribution is 5.85. The Morgan fingerprint density at radius 2 is 1.81 bits per heavy atom. The molecule has 0 aromatic carbocycles. The predicted octanol–water partition coefficient (Wildman–Crippen LogP) is 2.73. The third-order valence-electron chi connectivity index (χ3n) is 5.15. The zero-order chi connectivity index (χ0) is 18.0. The van der Waals surface area contributed by atoms with Crippen molar-refractivity contribution in [3.63, 3.8) is 0 Å². The highest BCUT2D eigenvalue weighted by atomic mass is 35.5. The third kappa shape index (κ3) is 5.73. The highest BCUT2D eigenvalue weighted by Gasteiger charge is 2.35. The van der Waals surface area contributed by atoms with E-state index in [-0.39, 0.29) is 42.6 Å². The molecule has 1 unspecified atom stereocenters. The van der Waals surface area contributed by atoms with Crippen LogP contribution in [0.4, 0.5) is 13.2 Å². The lowest BCUT2D eigenvalue weighted by Gasteiger charge is -2.35. The number of nitrogens with two attached hydrogens (primary N) is 1. The Morgan fingerprint density at radius 1 is 1.22 bits per heavy atom. The Balaban J connectivity index is 0.00000182. The molecule has 0 saturated carbocycles. The van der Waals surface area contributed by atoms with Crippen LogP contribution in [0.25, 0.3) is 0 Å². The largest absolute Gasteiger partial charge is 0.432 e.